The van der Waals surface area contributed by atoms with E-state index in [1.807, 2.05) is 6.07 Å². The maximum atomic E-state index is 12.0. The van der Waals surface area contributed by atoms with Crippen LogP contribution in [0.5, 0.6) is 11.5 Å². The van der Waals surface area contributed by atoms with Crippen molar-refractivity contribution in [2.24, 2.45) is 5.73 Å². The van der Waals surface area contributed by atoms with Crippen molar-refractivity contribution < 1.29 is 30.0 Å². The number of fused-ring (bicyclic) bond motifs is 1. The molecule has 0 bridgehead atoms. The van der Waals surface area contributed by atoms with Crippen molar-refractivity contribution in [1.29, 1.82) is 10.7 Å². The first-order valence-electron chi connectivity index (χ1n) is 11.0. The summed E-state index contributed by atoms with van der Waals surface area (Å²) in [6, 6.07) is 12.5. The minimum atomic E-state index is -1.48. The molecule has 1 aromatic heterocycles. The largest absolute Gasteiger partial charge is 0.507 e. The van der Waals surface area contributed by atoms with Gasteiger partial charge in [-0.15, -0.1) is 0 Å². The third kappa shape index (κ3) is 5.00. The molecule has 0 saturated heterocycles. The zero-order chi connectivity index (χ0) is 27.7. The molecule has 0 fully saturated rings. The predicted molar refractivity (Wildman–Crippen MR) is 141 cm³/mol. The van der Waals surface area contributed by atoms with Crippen LogP contribution in [0.25, 0.3) is 33.5 Å². The maximum Gasteiger partial charge on any atom is 0.311 e. The van der Waals surface area contributed by atoms with Crippen LogP contribution in [0.3, 0.4) is 0 Å². The number of H-pyrrole nitrogens is 1. The molecule has 0 aliphatic carbocycles. The second-order valence-electron chi connectivity index (χ2n) is 8.49. The number of hydrogen-bond donors (Lipinski definition) is 7. The van der Waals surface area contributed by atoms with Crippen molar-refractivity contribution >= 4 is 44.7 Å². The van der Waals surface area contributed by atoms with Gasteiger partial charge in [-0.3, -0.25) is 15.0 Å². The summed E-state index contributed by atoms with van der Waals surface area (Å²) in [5, 5.41) is 58.1. The van der Waals surface area contributed by atoms with E-state index in [-0.39, 0.29) is 56.3 Å². The van der Waals surface area contributed by atoms with Crippen LogP contribution in [0.4, 0.5) is 0 Å². The number of aromatic amines is 1. The number of amidine groups is 1. The van der Waals surface area contributed by atoms with Crippen LogP contribution >= 0.6 is 15.9 Å². The number of hydrogen-bond acceptors (Lipinski definition) is 7. The van der Waals surface area contributed by atoms with Gasteiger partial charge in [0.1, 0.15) is 23.2 Å². The van der Waals surface area contributed by atoms with Crippen LogP contribution in [0.1, 0.15) is 29.0 Å². The van der Waals surface area contributed by atoms with Gasteiger partial charge in [-0.1, -0.05) is 0 Å². The summed E-state index contributed by atoms with van der Waals surface area (Å²) in [6.07, 6.45) is -0.733. The molecule has 0 radical (unpaired) electrons. The quantitative estimate of drug-likeness (QED) is 0.118. The molecule has 0 spiro atoms. The van der Waals surface area contributed by atoms with Gasteiger partial charge < -0.3 is 31.1 Å². The zero-order valence-electron chi connectivity index (χ0n) is 19.5. The lowest BCUT2D eigenvalue weighted by molar-refractivity contribution is -0.145. The minimum absolute atomic E-state index is 0.00197. The molecule has 192 valence electrons. The Balaban J connectivity index is 2.02. The van der Waals surface area contributed by atoms with E-state index < -0.39 is 24.3 Å². The Morgan fingerprint density at radius 1 is 1.08 bits per heavy atom. The van der Waals surface area contributed by atoms with E-state index in [2.05, 4.69) is 25.9 Å². The van der Waals surface area contributed by atoms with Crippen LogP contribution in [0.15, 0.2) is 46.9 Å². The van der Waals surface area contributed by atoms with Crippen molar-refractivity contribution in [2.75, 3.05) is 0 Å². The molecule has 8 N–H and O–H groups in total. The van der Waals surface area contributed by atoms with E-state index in [1.165, 1.54) is 18.2 Å². The van der Waals surface area contributed by atoms with Crippen LogP contribution in [0.2, 0.25) is 0 Å². The maximum absolute atomic E-state index is 12.0. The average molecular weight is 578 g/mol. The number of benzene rings is 3. The Hall–Kier alpha value is -4.89. The van der Waals surface area contributed by atoms with Crippen LogP contribution < -0.4 is 5.73 Å². The minimum Gasteiger partial charge on any atom is -0.507 e. The van der Waals surface area contributed by atoms with Gasteiger partial charge in [0.25, 0.3) is 0 Å². The summed E-state index contributed by atoms with van der Waals surface area (Å²) in [5.41, 5.74) is 7.67. The number of nitriles is 1. The molecule has 0 amide bonds. The van der Waals surface area contributed by atoms with Gasteiger partial charge in [0.15, 0.2) is 0 Å². The SMILES string of the molecule is N#CCc1cc(Br)c(O)c(-c2cc(C(CC(=O)O)C(=O)O)cc(-c3nc4cc(C(=N)N)ccc4[nH]3)c2O)c1. The Kier molecular flexibility index (Phi) is 7.05. The number of aromatic nitrogens is 2. The highest BCUT2D eigenvalue weighted by Gasteiger charge is 2.28. The number of nitrogens with zero attached hydrogens (tertiary/aromatic N) is 2. The lowest BCUT2D eigenvalue weighted by Gasteiger charge is -2.17. The number of halogens is 1. The first kappa shape index (κ1) is 26.2. The third-order valence-electron chi connectivity index (χ3n) is 5.96. The second-order valence-corrected chi connectivity index (χ2v) is 9.35. The standard InChI is InChI=1S/C26H20BrN5O6/c27-18-6-11(3-4-28)5-15(23(18)36)16-7-13(14(26(37)38)10-21(33)34)8-17(22(16)35)25-31-19-2-1-12(24(29)30)9-20(19)32-25/h1-2,5-9,14,35-36H,3,10H2,(H3,29,30)(H,31,32)(H,33,34)(H,37,38). The fraction of sp³-hybridized carbons (Fsp3) is 0.115. The molecule has 0 aliphatic heterocycles. The Bertz CT molecular complexity index is 1670. The normalized spacial score (nSPS) is 11.7. The van der Waals surface area contributed by atoms with E-state index in [0.29, 0.717) is 22.2 Å². The molecule has 12 heteroatoms. The predicted octanol–water partition coefficient (Wildman–Crippen LogP) is 4.06. The van der Waals surface area contributed by atoms with Crippen LogP contribution in [0, 0.1) is 16.7 Å². The molecule has 1 heterocycles. The molecular formula is C26H20BrN5O6. The molecule has 0 saturated carbocycles. The van der Waals surface area contributed by atoms with Gasteiger partial charge >= 0.3 is 11.9 Å². The molecule has 1 unspecified atom stereocenters. The highest BCUT2D eigenvalue weighted by Crippen LogP contribution is 2.46. The van der Waals surface area contributed by atoms with Gasteiger partial charge in [-0.05, 0) is 69.5 Å². The van der Waals surface area contributed by atoms with Crippen molar-refractivity contribution in [3.8, 4) is 40.1 Å². The van der Waals surface area contributed by atoms with E-state index >= 15 is 0 Å². The number of aromatic hydroxyl groups is 2. The zero-order valence-corrected chi connectivity index (χ0v) is 21.1. The fourth-order valence-corrected chi connectivity index (χ4v) is 4.63. The van der Waals surface area contributed by atoms with Crippen molar-refractivity contribution in [3.05, 3.63) is 63.6 Å². The lowest BCUT2D eigenvalue weighted by Crippen LogP contribution is -2.16. The van der Waals surface area contributed by atoms with E-state index in [1.54, 1.807) is 24.3 Å². The number of phenolic OH excluding ortho intramolecular Hbond substituents is 2. The summed E-state index contributed by atoms with van der Waals surface area (Å²) in [7, 11) is 0. The van der Waals surface area contributed by atoms with Crippen LogP contribution in [-0.4, -0.2) is 48.2 Å². The molecule has 4 aromatic rings. The monoisotopic (exact) mass is 577 g/mol. The van der Waals surface area contributed by atoms with E-state index in [4.69, 9.17) is 16.4 Å². The number of carboxylic acids is 2. The number of nitrogen functional groups attached to an aromatic ring is 1. The summed E-state index contributed by atoms with van der Waals surface area (Å²) >= 11 is 3.24. The Morgan fingerprint density at radius 2 is 1.76 bits per heavy atom. The number of carbonyl (C=O) groups is 2. The lowest BCUT2D eigenvalue weighted by atomic mass is 9.89. The van der Waals surface area contributed by atoms with E-state index in [0.717, 1.165) is 0 Å². The van der Waals surface area contributed by atoms with Gasteiger partial charge in [0.2, 0.25) is 0 Å². The van der Waals surface area contributed by atoms with Crippen molar-refractivity contribution in [3.63, 3.8) is 0 Å². The smallest absolute Gasteiger partial charge is 0.311 e. The summed E-state index contributed by atoms with van der Waals surface area (Å²) in [6.45, 7) is 0. The molecule has 1 atom stereocenters. The number of nitrogens with two attached hydrogens (primary N) is 1. The summed E-state index contributed by atoms with van der Waals surface area (Å²) in [4.78, 5) is 31.0. The molecular weight excluding hydrogens is 558 g/mol. The molecule has 3 aromatic carbocycles. The Labute approximate surface area is 223 Å². The number of imidazole rings is 1. The topological polar surface area (TPSA) is 217 Å². The van der Waals surface area contributed by atoms with Gasteiger partial charge in [-0.2, -0.15) is 5.26 Å². The molecule has 0 aliphatic rings. The highest BCUT2D eigenvalue weighted by atomic mass is 79.9. The fourth-order valence-electron chi connectivity index (χ4n) is 4.12. The highest BCUT2D eigenvalue weighted by molar-refractivity contribution is 9.10. The van der Waals surface area contributed by atoms with Crippen molar-refractivity contribution in [1.82, 2.24) is 9.97 Å². The number of aliphatic carboxylic acids is 2. The number of carboxylic acid groups (broad SMARTS) is 2. The Morgan fingerprint density at radius 3 is 2.39 bits per heavy atom. The van der Waals surface area contributed by atoms with E-state index in [9.17, 15) is 30.0 Å². The average Bonchev–Trinajstić information content (AvgIpc) is 3.28. The number of phenols is 2. The van der Waals surface area contributed by atoms with Crippen LogP contribution in [-0.2, 0) is 16.0 Å². The first-order chi connectivity index (χ1) is 18.0. The van der Waals surface area contributed by atoms with Gasteiger partial charge in [-0.25, -0.2) is 4.98 Å². The summed E-state index contributed by atoms with van der Waals surface area (Å²) in [5.74, 6) is -4.88. The van der Waals surface area contributed by atoms with Crippen molar-refractivity contribution in [2.45, 2.75) is 18.8 Å². The van der Waals surface area contributed by atoms with Gasteiger partial charge in [0, 0.05) is 16.7 Å². The second kappa shape index (κ2) is 10.2. The third-order valence-corrected chi connectivity index (χ3v) is 6.56. The molecule has 4 rings (SSSR count). The number of rotatable bonds is 8. The number of nitrogens with one attached hydrogen (secondary N) is 2. The van der Waals surface area contributed by atoms with Gasteiger partial charge in [0.05, 0.1) is 45.9 Å². The first-order valence-corrected chi connectivity index (χ1v) is 11.8. The summed E-state index contributed by atoms with van der Waals surface area (Å²) < 4.78 is 0.243. The molecule has 38 heavy (non-hydrogen) atoms. The molecule has 11 nitrogen and oxygen atoms in total.